The van der Waals surface area contributed by atoms with Crippen LogP contribution < -0.4 is 10.6 Å². The van der Waals surface area contributed by atoms with Gasteiger partial charge in [-0.05, 0) is 12.2 Å². The fraction of sp³-hybridized carbons (Fsp3) is 0.556. The van der Waals surface area contributed by atoms with E-state index in [0.717, 1.165) is 11.6 Å². The van der Waals surface area contributed by atoms with Crippen molar-refractivity contribution in [3.05, 3.63) is 12.4 Å². The first-order valence-electron chi connectivity index (χ1n) is 4.72. The number of hydrogen-bond acceptors (Lipinski definition) is 5. The summed E-state index contributed by atoms with van der Waals surface area (Å²) in [5.74, 6) is 4.20. The summed E-state index contributed by atoms with van der Waals surface area (Å²) in [6, 6.07) is 2.50. The molecule has 0 saturated carbocycles. The summed E-state index contributed by atoms with van der Waals surface area (Å²) >= 11 is 1.99. The number of rotatable bonds is 3. The van der Waals surface area contributed by atoms with Crippen LogP contribution in [0.25, 0.3) is 0 Å². The summed E-state index contributed by atoms with van der Waals surface area (Å²) < 4.78 is 0. The molecule has 1 fully saturated rings. The lowest BCUT2D eigenvalue weighted by molar-refractivity contribution is 0.805. The third kappa shape index (κ3) is 2.29. The highest BCUT2D eigenvalue weighted by Crippen LogP contribution is 2.20. The van der Waals surface area contributed by atoms with Crippen LogP contribution in [0.3, 0.4) is 0 Å². The molecule has 1 aromatic heterocycles. The number of anilines is 2. The smallest absolute Gasteiger partial charge is 0.131 e. The topological polar surface area (TPSA) is 49.8 Å². The number of aromatic nitrogens is 2. The van der Waals surface area contributed by atoms with Gasteiger partial charge in [-0.15, -0.1) is 0 Å². The third-order valence-electron chi connectivity index (χ3n) is 2.20. The number of nitrogens with zero attached hydrogens (tertiary/aromatic N) is 2. The molecule has 0 aromatic carbocycles. The molecule has 1 aromatic rings. The fourth-order valence-electron chi connectivity index (χ4n) is 1.43. The van der Waals surface area contributed by atoms with Gasteiger partial charge in [0.2, 0.25) is 0 Å². The molecular formula is C9H14N4S. The van der Waals surface area contributed by atoms with E-state index < -0.39 is 0 Å². The van der Waals surface area contributed by atoms with E-state index in [1.54, 1.807) is 6.33 Å². The van der Waals surface area contributed by atoms with Crippen LogP contribution in [0.5, 0.6) is 0 Å². The number of nitrogens with one attached hydrogen (secondary N) is 2. The van der Waals surface area contributed by atoms with E-state index in [-0.39, 0.29) is 0 Å². The second-order valence-corrected chi connectivity index (χ2v) is 4.39. The maximum Gasteiger partial charge on any atom is 0.131 e. The van der Waals surface area contributed by atoms with Crippen LogP contribution >= 0.6 is 11.8 Å². The molecular weight excluding hydrogens is 196 g/mol. The van der Waals surface area contributed by atoms with Gasteiger partial charge in [0.25, 0.3) is 0 Å². The molecule has 1 saturated heterocycles. The Morgan fingerprint density at radius 3 is 3.00 bits per heavy atom. The molecule has 5 heteroatoms. The maximum absolute atomic E-state index is 4.18. The highest BCUT2D eigenvalue weighted by atomic mass is 32.2. The minimum Gasteiger partial charge on any atom is -0.373 e. The Hall–Kier alpha value is -0.970. The Morgan fingerprint density at radius 2 is 2.29 bits per heavy atom. The van der Waals surface area contributed by atoms with Gasteiger partial charge in [-0.3, -0.25) is 0 Å². The molecule has 1 aliphatic rings. The lowest BCUT2D eigenvalue weighted by atomic mass is 10.2. The van der Waals surface area contributed by atoms with Crippen molar-refractivity contribution in [2.45, 2.75) is 12.5 Å². The number of hydrogen-bond donors (Lipinski definition) is 2. The average Bonchev–Trinajstić information content (AvgIpc) is 2.71. The lowest BCUT2D eigenvalue weighted by Crippen LogP contribution is -2.19. The Balaban J connectivity index is 2.00. The molecule has 76 valence electrons. The summed E-state index contributed by atoms with van der Waals surface area (Å²) in [6.45, 7) is 0. The molecule has 1 atom stereocenters. The van der Waals surface area contributed by atoms with Gasteiger partial charge >= 0.3 is 0 Å². The molecule has 0 radical (unpaired) electrons. The predicted molar refractivity (Wildman–Crippen MR) is 60.9 cm³/mol. The molecule has 2 rings (SSSR count). The van der Waals surface area contributed by atoms with E-state index >= 15 is 0 Å². The van der Waals surface area contributed by atoms with Crippen molar-refractivity contribution in [2.24, 2.45) is 0 Å². The van der Waals surface area contributed by atoms with Crippen molar-refractivity contribution in [3.63, 3.8) is 0 Å². The van der Waals surface area contributed by atoms with Crippen LogP contribution in [0.1, 0.15) is 6.42 Å². The summed E-state index contributed by atoms with van der Waals surface area (Å²) in [6.07, 6.45) is 2.81. The van der Waals surface area contributed by atoms with Crippen LogP contribution in [-0.4, -0.2) is 34.6 Å². The van der Waals surface area contributed by atoms with E-state index in [9.17, 15) is 0 Å². The third-order valence-corrected chi connectivity index (χ3v) is 3.37. The maximum atomic E-state index is 4.18. The summed E-state index contributed by atoms with van der Waals surface area (Å²) in [5.41, 5.74) is 0. The summed E-state index contributed by atoms with van der Waals surface area (Å²) in [4.78, 5) is 8.24. The second kappa shape index (κ2) is 4.50. The van der Waals surface area contributed by atoms with Gasteiger partial charge in [0, 0.05) is 24.9 Å². The zero-order chi connectivity index (χ0) is 9.80. The molecule has 0 bridgehead atoms. The van der Waals surface area contributed by atoms with Crippen molar-refractivity contribution in [3.8, 4) is 0 Å². The molecule has 2 heterocycles. The zero-order valence-corrected chi connectivity index (χ0v) is 8.97. The Morgan fingerprint density at radius 1 is 1.43 bits per heavy atom. The Bertz CT molecular complexity index is 299. The van der Waals surface area contributed by atoms with Crippen LogP contribution in [-0.2, 0) is 0 Å². The van der Waals surface area contributed by atoms with E-state index in [2.05, 4.69) is 20.6 Å². The SMILES string of the molecule is CNc1cc(NC2CCSC2)ncn1. The van der Waals surface area contributed by atoms with E-state index in [4.69, 9.17) is 0 Å². The van der Waals surface area contributed by atoms with Gasteiger partial charge in [-0.25, -0.2) is 9.97 Å². The first-order chi connectivity index (χ1) is 6.88. The van der Waals surface area contributed by atoms with Crippen molar-refractivity contribution in [2.75, 3.05) is 29.2 Å². The van der Waals surface area contributed by atoms with Crippen LogP contribution in [0.2, 0.25) is 0 Å². The quantitative estimate of drug-likeness (QED) is 0.790. The van der Waals surface area contributed by atoms with Crippen molar-refractivity contribution >= 4 is 23.4 Å². The van der Waals surface area contributed by atoms with E-state index in [0.29, 0.717) is 6.04 Å². The predicted octanol–water partition coefficient (Wildman–Crippen LogP) is 1.44. The van der Waals surface area contributed by atoms with Crippen molar-refractivity contribution in [1.29, 1.82) is 0 Å². The summed E-state index contributed by atoms with van der Waals surface area (Å²) in [7, 11) is 1.86. The zero-order valence-electron chi connectivity index (χ0n) is 8.16. The summed E-state index contributed by atoms with van der Waals surface area (Å²) in [5, 5.41) is 6.40. The minimum atomic E-state index is 0.569. The van der Waals surface area contributed by atoms with Gasteiger partial charge < -0.3 is 10.6 Å². The lowest BCUT2D eigenvalue weighted by Gasteiger charge is -2.11. The van der Waals surface area contributed by atoms with Crippen LogP contribution in [0.15, 0.2) is 12.4 Å². The van der Waals surface area contributed by atoms with Crippen LogP contribution in [0.4, 0.5) is 11.6 Å². The Labute approximate surface area is 87.9 Å². The van der Waals surface area contributed by atoms with Gasteiger partial charge in [-0.2, -0.15) is 11.8 Å². The molecule has 4 nitrogen and oxygen atoms in total. The molecule has 0 spiro atoms. The molecule has 1 unspecified atom stereocenters. The molecule has 2 N–H and O–H groups in total. The first kappa shape index (κ1) is 9.58. The largest absolute Gasteiger partial charge is 0.373 e. The van der Waals surface area contributed by atoms with Gasteiger partial charge in [0.15, 0.2) is 0 Å². The molecule has 0 amide bonds. The fourth-order valence-corrected chi connectivity index (χ4v) is 2.58. The minimum absolute atomic E-state index is 0.569. The monoisotopic (exact) mass is 210 g/mol. The number of thioether (sulfide) groups is 1. The highest BCUT2D eigenvalue weighted by molar-refractivity contribution is 7.99. The highest BCUT2D eigenvalue weighted by Gasteiger charge is 2.15. The second-order valence-electron chi connectivity index (χ2n) is 3.24. The van der Waals surface area contributed by atoms with Crippen LogP contribution in [0, 0.1) is 0 Å². The van der Waals surface area contributed by atoms with Gasteiger partial charge in [-0.1, -0.05) is 0 Å². The molecule has 0 aliphatic carbocycles. The average molecular weight is 210 g/mol. The van der Waals surface area contributed by atoms with Crippen molar-refractivity contribution < 1.29 is 0 Å². The van der Waals surface area contributed by atoms with Crippen molar-refractivity contribution in [1.82, 2.24) is 9.97 Å². The first-order valence-corrected chi connectivity index (χ1v) is 5.88. The molecule has 1 aliphatic heterocycles. The van der Waals surface area contributed by atoms with E-state index in [1.165, 1.54) is 17.9 Å². The standard InChI is InChI=1S/C9H14N4S/c1-10-8-4-9(12-6-11-8)13-7-2-3-14-5-7/h4,6-7H,2-3,5H2,1H3,(H2,10,11,12,13). The normalized spacial score (nSPS) is 20.8. The van der Waals surface area contributed by atoms with Gasteiger partial charge in [0.1, 0.15) is 18.0 Å². The van der Waals surface area contributed by atoms with E-state index in [1.807, 2.05) is 24.9 Å². The Kier molecular flexibility index (Phi) is 3.08. The van der Waals surface area contributed by atoms with Gasteiger partial charge in [0.05, 0.1) is 0 Å². The molecule has 14 heavy (non-hydrogen) atoms.